The average Bonchev–Trinajstić information content (AvgIpc) is 2.68. The molecule has 0 amide bonds. The number of aliphatic hydroxyl groups is 1. The summed E-state index contributed by atoms with van der Waals surface area (Å²) >= 11 is 5.98. The Bertz CT molecular complexity index is 823. The monoisotopic (exact) mass is 367 g/mol. The number of hydrogen-bond acceptors (Lipinski definition) is 3. The Kier molecular flexibility index (Phi) is 6.67. The van der Waals surface area contributed by atoms with Gasteiger partial charge in [-0.3, -0.25) is 0 Å². The van der Waals surface area contributed by atoms with E-state index in [1.165, 1.54) is 0 Å². The van der Waals surface area contributed by atoms with Crippen molar-refractivity contribution < 1.29 is 9.84 Å². The van der Waals surface area contributed by atoms with Crippen LogP contribution in [-0.4, -0.2) is 11.7 Å². The second-order valence-corrected chi connectivity index (χ2v) is 6.52. The lowest BCUT2D eigenvalue weighted by Gasteiger charge is -2.15. The maximum absolute atomic E-state index is 10.3. The first-order valence-electron chi connectivity index (χ1n) is 8.61. The van der Waals surface area contributed by atoms with Gasteiger partial charge in [0, 0.05) is 23.7 Å². The van der Waals surface area contributed by atoms with E-state index in [0.29, 0.717) is 24.7 Å². The van der Waals surface area contributed by atoms with Crippen LogP contribution < -0.4 is 10.1 Å². The van der Waals surface area contributed by atoms with E-state index in [2.05, 4.69) is 5.32 Å². The van der Waals surface area contributed by atoms with Gasteiger partial charge in [-0.25, -0.2) is 0 Å². The molecule has 0 aliphatic carbocycles. The van der Waals surface area contributed by atoms with Crippen LogP contribution in [0.25, 0.3) is 0 Å². The number of aliphatic hydroxyl groups excluding tert-OH is 1. The van der Waals surface area contributed by atoms with Crippen molar-refractivity contribution in [3.8, 4) is 5.75 Å². The van der Waals surface area contributed by atoms with Gasteiger partial charge in [0.25, 0.3) is 0 Å². The maximum atomic E-state index is 10.3. The first-order valence-corrected chi connectivity index (χ1v) is 8.99. The number of ether oxygens (including phenoxy) is 1. The van der Waals surface area contributed by atoms with Crippen LogP contribution >= 0.6 is 11.6 Å². The number of benzene rings is 3. The van der Waals surface area contributed by atoms with E-state index in [1.807, 2.05) is 66.7 Å². The smallest absolute Gasteiger partial charge is 0.124 e. The molecule has 4 heteroatoms. The van der Waals surface area contributed by atoms with Crippen LogP contribution in [0.15, 0.2) is 78.9 Å². The average molecular weight is 368 g/mol. The van der Waals surface area contributed by atoms with Gasteiger partial charge in [-0.05, 0) is 29.3 Å². The SMILES string of the molecule is O[C@H](CNCc1ccccc1OCc1ccccc1)c1cccc(Cl)c1. The van der Waals surface area contributed by atoms with Crippen molar-refractivity contribution in [2.75, 3.05) is 6.54 Å². The normalized spacial score (nSPS) is 11.9. The van der Waals surface area contributed by atoms with Crippen molar-refractivity contribution in [2.24, 2.45) is 0 Å². The first-order chi connectivity index (χ1) is 12.7. The van der Waals surface area contributed by atoms with Gasteiger partial charge in [-0.1, -0.05) is 72.3 Å². The molecule has 0 saturated heterocycles. The molecule has 26 heavy (non-hydrogen) atoms. The molecule has 0 heterocycles. The molecule has 0 radical (unpaired) electrons. The molecule has 3 aromatic rings. The number of hydrogen-bond donors (Lipinski definition) is 2. The minimum absolute atomic E-state index is 0.438. The fourth-order valence-electron chi connectivity index (χ4n) is 2.70. The van der Waals surface area contributed by atoms with Gasteiger partial charge in [0.15, 0.2) is 0 Å². The quantitative estimate of drug-likeness (QED) is 0.604. The molecular formula is C22H22ClNO2. The van der Waals surface area contributed by atoms with Crippen molar-refractivity contribution in [1.29, 1.82) is 0 Å². The van der Waals surface area contributed by atoms with Gasteiger partial charge in [0.1, 0.15) is 12.4 Å². The summed E-state index contributed by atoms with van der Waals surface area (Å²) in [6.07, 6.45) is -0.605. The van der Waals surface area contributed by atoms with Crippen LogP contribution in [0.1, 0.15) is 22.8 Å². The highest BCUT2D eigenvalue weighted by Crippen LogP contribution is 2.20. The molecule has 0 aliphatic heterocycles. The Balaban J connectivity index is 1.55. The van der Waals surface area contributed by atoms with Gasteiger partial charge >= 0.3 is 0 Å². The highest BCUT2D eigenvalue weighted by molar-refractivity contribution is 6.30. The zero-order valence-corrected chi connectivity index (χ0v) is 15.2. The predicted molar refractivity (Wildman–Crippen MR) is 105 cm³/mol. The second-order valence-electron chi connectivity index (χ2n) is 6.08. The van der Waals surface area contributed by atoms with Crippen molar-refractivity contribution in [2.45, 2.75) is 19.3 Å². The fraction of sp³-hybridized carbons (Fsp3) is 0.182. The highest BCUT2D eigenvalue weighted by atomic mass is 35.5. The van der Waals surface area contributed by atoms with Gasteiger partial charge in [0.05, 0.1) is 6.10 Å². The van der Waals surface area contributed by atoms with Crippen molar-refractivity contribution in [3.05, 3.63) is 101 Å². The summed E-state index contributed by atoms with van der Waals surface area (Å²) in [5, 5.41) is 14.2. The van der Waals surface area contributed by atoms with E-state index in [9.17, 15) is 5.11 Å². The number of rotatable bonds is 8. The highest BCUT2D eigenvalue weighted by Gasteiger charge is 2.09. The molecule has 1 atom stereocenters. The van der Waals surface area contributed by atoms with E-state index in [-0.39, 0.29) is 0 Å². The summed E-state index contributed by atoms with van der Waals surface area (Å²) in [7, 11) is 0. The molecule has 0 spiro atoms. The topological polar surface area (TPSA) is 41.5 Å². The van der Waals surface area contributed by atoms with E-state index in [1.54, 1.807) is 12.1 Å². The van der Waals surface area contributed by atoms with Crippen LogP contribution in [0.4, 0.5) is 0 Å². The third kappa shape index (κ3) is 5.33. The molecule has 3 nitrogen and oxygen atoms in total. The standard InChI is InChI=1S/C22H22ClNO2/c23-20-11-6-10-18(13-20)21(25)15-24-14-19-9-4-5-12-22(19)26-16-17-7-2-1-3-8-17/h1-13,21,24-25H,14-16H2/t21-/m1/s1. The van der Waals surface area contributed by atoms with Crippen molar-refractivity contribution in [3.63, 3.8) is 0 Å². The molecule has 0 saturated carbocycles. The van der Waals surface area contributed by atoms with Gasteiger partial charge in [-0.2, -0.15) is 0 Å². The minimum Gasteiger partial charge on any atom is -0.489 e. The van der Waals surface area contributed by atoms with Crippen molar-refractivity contribution >= 4 is 11.6 Å². The number of halogens is 1. The van der Waals surface area contributed by atoms with Crippen LogP contribution in [-0.2, 0) is 13.2 Å². The van der Waals surface area contributed by atoms with E-state index in [4.69, 9.17) is 16.3 Å². The zero-order chi connectivity index (χ0) is 18.2. The van der Waals surface area contributed by atoms with Gasteiger partial charge in [0.2, 0.25) is 0 Å². The molecule has 0 aliphatic rings. The Morgan fingerprint density at radius 2 is 1.69 bits per heavy atom. The summed E-state index contributed by atoms with van der Waals surface area (Å²) in [6, 6.07) is 25.3. The molecule has 0 fully saturated rings. The number of para-hydroxylation sites is 1. The summed E-state index contributed by atoms with van der Waals surface area (Å²) < 4.78 is 5.96. The minimum atomic E-state index is -0.605. The van der Waals surface area contributed by atoms with Crippen LogP contribution in [0.2, 0.25) is 5.02 Å². The summed E-state index contributed by atoms with van der Waals surface area (Å²) in [5.74, 6) is 0.848. The Morgan fingerprint density at radius 1 is 0.923 bits per heavy atom. The van der Waals surface area contributed by atoms with E-state index < -0.39 is 6.10 Å². The third-order valence-corrected chi connectivity index (χ3v) is 4.33. The van der Waals surface area contributed by atoms with E-state index in [0.717, 1.165) is 22.4 Å². The fourth-order valence-corrected chi connectivity index (χ4v) is 2.90. The summed E-state index contributed by atoms with van der Waals surface area (Å²) in [6.45, 7) is 1.58. The lowest BCUT2D eigenvalue weighted by atomic mass is 10.1. The molecule has 2 N–H and O–H groups in total. The van der Waals surface area contributed by atoms with Crippen LogP contribution in [0.5, 0.6) is 5.75 Å². The Morgan fingerprint density at radius 3 is 2.50 bits per heavy atom. The largest absolute Gasteiger partial charge is 0.489 e. The second kappa shape index (κ2) is 9.39. The van der Waals surface area contributed by atoms with Gasteiger partial charge < -0.3 is 15.2 Å². The lowest BCUT2D eigenvalue weighted by molar-refractivity contribution is 0.174. The van der Waals surface area contributed by atoms with Crippen LogP contribution in [0.3, 0.4) is 0 Å². The molecule has 3 rings (SSSR count). The predicted octanol–water partition coefficient (Wildman–Crippen LogP) is 4.74. The van der Waals surface area contributed by atoms with Crippen LogP contribution in [0, 0.1) is 0 Å². The maximum Gasteiger partial charge on any atom is 0.124 e. The molecule has 3 aromatic carbocycles. The number of nitrogens with one attached hydrogen (secondary N) is 1. The molecule has 134 valence electrons. The molecule has 0 unspecified atom stereocenters. The Labute approximate surface area is 159 Å². The Hall–Kier alpha value is -2.33. The van der Waals surface area contributed by atoms with Gasteiger partial charge in [-0.15, -0.1) is 0 Å². The molecule has 0 bridgehead atoms. The first kappa shape index (κ1) is 18.5. The third-order valence-electron chi connectivity index (χ3n) is 4.10. The molecule has 0 aromatic heterocycles. The zero-order valence-electron chi connectivity index (χ0n) is 14.4. The summed E-state index contributed by atoms with van der Waals surface area (Å²) in [5.41, 5.74) is 2.99. The summed E-state index contributed by atoms with van der Waals surface area (Å²) in [4.78, 5) is 0. The van der Waals surface area contributed by atoms with E-state index >= 15 is 0 Å². The molecular weight excluding hydrogens is 346 g/mol. The lowest BCUT2D eigenvalue weighted by Crippen LogP contribution is -2.21. The van der Waals surface area contributed by atoms with Crippen molar-refractivity contribution in [1.82, 2.24) is 5.32 Å².